The van der Waals surface area contributed by atoms with Crippen molar-refractivity contribution in [2.24, 2.45) is 0 Å². The average Bonchev–Trinajstić information content (AvgIpc) is 2.24. The number of hydrogen-bond donors (Lipinski definition) is 2. The second-order valence-electron chi connectivity index (χ2n) is 4.97. The molecule has 2 aliphatic heterocycles. The van der Waals surface area contributed by atoms with E-state index in [1.54, 1.807) is 0 Å². The van der Waals surface area contributed by atoms with Crippen LogP contribution in [0.5, 0.6) is 0 Å². The summed E-state index contributed by atoms with van der Waals surface area (Å²) >= 11 is 0. The molecule has 2 fully saturated rings. The van der Waals surface area contributed by atoms with Crippen LogP contribution in [-0.4, -0.2) is 73.4 Å². The number of unbranched alkanes of at least 4 members (excludes halogenated alkanes) is 2. The smallest absolute Gasteiger partial charge is 0.0431 e. The Labute approximate surface area is 98.6 Å². The van der Waals surface area contributed by atoms with Crippen molar-refractivity contribution in [3.05, 3.63) is 0 Å². The standard InChI is InChI=1S/C12H25N3O/c16-9-3-1-2-4-14-5-7-15(8-6-14)12-10-13-11-12/h12-13,16H,1-11H2. The molecule has 0 spiro atoms. The summed E-state index contributed by atoms with van der Waals surface area (Å²) in [5.41, 5.74) is 0. The fraction of sp³-hybridized carbons (Fsp3) is 1.00. The van der Waals surface area contributed by atoms with E-state index in [0.29, 0.717) is 6.61 Å². The molecule has 0 aromatic heterocycles. The lowest BCUT2D eigenvalue weighted by atomic mass is 10.1. The van der Waals surface area contributed by atoms with Gasteiger partial charge in [-0.3, -0.25) is 4.90 Å². The number of piperazine rings is 1. The summed E-state index contributed by atoms with van der Waals surface area (Å²) in [6.07, 6.45) is 3.38. The summed E-state index contributed by atoms with van der Waals surface area (Å²) in [6, 6.07) is 0.816. The lowest BCUT2D eigenvalue weighted by Gasteiger charge is -2.43. The normalized spacial score (nSPS) is 24.6. The molecule has 4 heteroatoms. The third kappa shape index (κ3) is 3.42. The van der Waals surface area contributed by atoms with Gasteiger partial charge in [-0.15, -0.1) is 0 Å². The fourth-order valence-corrected chi connectivity index (χ4v) is 2.51. The monoisotopic (exact) mass is 227 g/mol. The molecule has 0 atom stereocenters. The van der Waals surface area contributed by atoms with Crippen molar-refractivity contribution < 1.29 is 5.11 Å². The Morgan fingerprint density at radius 2 is 1.75 bits per heavy atom. The molecular weight excluding hydrogens is 202 g/mol. The van der Waals surface area contributed by atoms with Gasteiger partial charge in [0.2, 0.25) is 0 Å². The van der Waals surface area contributed by atoms with Crippen LogP contribution in [-0.2, 0) is 0 Å². The van der Waals surface area contributed by atoms with Crippen LogP contribution in [0.25, 0.3) is 0 Å². The first-order valence-electron chi connectivity index (χ1n) is 6.68. The largest absolute Gasteiger partial charge is 0.396 e. The van der Waals surface area contributed by atoms with Gasteiger partial charge >= 0.3 is 0 Å². The van der Waals surface area contributed by atoms with E-state index >= 15 is 0 Å². The number of nitrogens with one attached hydrogen (secondary N) is 1. The van der Waals surface area contributed by atoms with Crippen molar-refractivity contribution in [3.63, 3.8) is 0 Å². The topological polar surface area (TPSA) is 38.7 Å². The molecule has 2 N–H and O–H groups in total. The maximum atomic E-state index is 8.71. The van der Waals surface area contributed by atoms with Crippen molar-refractivity contribution in [2.45, 2.75) is 25.3 Å². The number of aliphatic hydroxyl groups is 1. The first-order chi connectivity index (χ1) is 7.90. The maximum absolute atomic E-state index is 8.71. The first-order valence-corrected chi connectivity index (χ1v) is 6.68. The Bertz CT molecular complexity index is 189. The van der Waals surface area contributed by atoms with Crippen LogP contribution < -0.4 is 5.32 Å². The Balaban J connectivity index is 1.54. The summed E-state index contributed by atoms with van der Waals surface area (Å²) in [4.78, 5) is 5.20. The van der Waals surface area contributed by atoms with E-state index in [-0.39, 0.29) is 0 Å². The number of aliphatic hydroxyl groups excluding tert-OH is 1. The van der Waals surface area contributed by atoms with Crippen LogP contribution in [0.15, 0.2) is 0 Å². The van der Waals surface area contributed by atoms with Gasteiger partial charge in [0, 0.05) is 51.9 Å². The molecule has 0 unspecified atom stereocenters. The molecule has 2 aliphatic rings. The molecule has 16 heavy (non-hydrogen) atoms. The highest BCUT2D eigenvalue weighted by Crippen LogP contribution is 2.10. The summed E-state index contributed by atoms with van der Waals surface area (Å²) in [6.45, 7) is 8.90. The molecule has 0 radical (unpaired) electrons. The van der Waals surface area contributed by atoms with Gasteiger partial charge in [0.25, 0.3) is 0 Å². The minimum absolute atomic E-state index is 0.350. The second-order valence-corrected chi connectivity index (χ2v) is 4.97. The molecule has 0 aliphatic carbocycles. The summed E-state index contributed by atoms with van der Waals surface area (Å²) in [5.74, 6) is 0. The lowest BCUT2D eigenvalue weighted by Crippen LogP contribution is -2.61. The van der Waals surface area contributed by atoms with Gasteiger partial charge in [-0.25, -0.2) is 0 Å². The van der Waals surface area contributed by atoms with Crippen LogP contribution in [0.4, 0.5) is 0 Å². The number of hydrogen-bond acceptors (Lipinski definition) is 4. The Kier molecular flexibility index (Phi) is 5.03. The maximum Gasteiger partial charge on any atom is 0.0431 e. The van der Waals surface area contributed by atoms with Crippen molar-refractivity contribution in [1.29, 1.82) is 0 Å². The summed E-state index contributed by atoms with van der Waals surface area (Å²) in [7, 11) is 0. The minimum Gasteiger partial charge on any atom is -0.396 e. The summed E-state index contributed by atoms with van der Waals surface area (Å²) < 4.78 is 0. The van der Waals surface area contributed by atoms with Crippen LogP contribution in [0.3, 0.4) is 0 Å². The van der Waals surface area contributed by atoms with Gasteiger partial charge in [-0.2, -0.15) is 0 Å². The third-order valence-corrected chi connectivity index (χ3v) is 3.82. The molecule has 2 heterocycles. The number of rotatable bonds is 6. The van der Waals surface area contributed by atoms with Crippen molar-refractivity contribution in [1.82, 2.24) is 15.1 Å². The van der Waals surface area contributed by atoms with Crippen LogP contribution >= 0.6 is 0 Å². The minimum atomic E-state index is 0.350. The Hall–Kier alpha value is -0.160. The average molecular weight is 227 g/mol. The molecule has 0 saturated carbocycles. The zero-order chi connectivity index (χ0) is 11.2. The predicted octanol–water partition coefficient (Wildman–Crippen LogP) is -0.262. The molecule has 0 bridgehead atoms. The molecule has 0 aromatic carbocycles. The quantitative estimate of drug-likeness (QED) is 0.613. The molecule has 4 nitrogen and oxygen atoms in total. The number of nitrogens with zero attached hydrogens (tertiary/aromatic N) is 2. The van der Waals surface area contributed by atoms with Crippen molar-refractivity contribution in [3.8, 4) is 0 Å². The fourth-order valence-electron chi connectivity index (χ4n) is 2.51. The zero-order valence-electron chi connectivity index (χ0n) is 10.2. The zero-order valence-corrected chi connectivity index (χ0v) is 10.2. The molecule has 0 aromatic rings. The van der Waals surface area contributed by atoms with Crippen LogP contribution in [0.1, 0.15) is 19.3 Å². The molecule has 2 saturated heterocycles. The molecule has 0 amide bonds. The van der Waals surface area contributed by atoms with Gasteiger partial charge in [0.15, 0.2) is 0 Å². The van der Waals surface area contributed by atoms with Crippen LogP contribution in [0, 0.1) is 0 Å². The van der Waals surface area contributed by atoms with Crippen LogP contribution in [0.2, 0.25) is 0 Å². The summed E-state index contributed by atoms with van der Waals surface area (Å²) in [5, 5.41) is 12.0. The molecular formula is C12H25N3O. The first kappa shape index (κ1) is 12.3. The van der Waals surface area contributed by atoms with E-state index in [0.717, 1.165) is 12.5 Å². The van der Waals surface area contributed by atoms with Crippen molar-refractivity contribution in [2.75, 3.05) is 52.4 Å². The van der Waals surface area contributed by atoms with Gasteiger partial charge in [-0.1, -0.05) is 0 Å². The molecule has 94 valence electrons. The Morgan fingerprint density at radius 3 is 2.31 bits per heavy atom. The van der Waals surface area contributed by atoms with E-state index in [1.165, 1.54) is 58.7 Å². The van der Waals surface area contributed by atoms with E-state index in [9.17, 15) is 0 Å². The van der Waals surface area contributed by atoms with E-state index in [4.69, 9.17) is 5.11 Å². The highest BCUT2D eigenvalue weighted by molar-refractivity contribution is 4.87. The highest BCUT2D eigenvalue weighted by Gasteiger charge is 2.27. The predicted molar refractivity (Wildman–Crippen MR) is 65.6 cm³/mol. The third-order valence-electron chi connectivity index (χ3n) is 3.82. The van der Waals surface area contributed by atoms with E-state index < -0.39 is 0 Å². The molecule has 2 rings (SSSR count). The highest BCUT2D eigenvalue weighted by atomic mass is 16.2. The van der Waals surface area contributed by atoms with Gasteiger partial charge in [0.05, 0.1) is 0 Å². The van der Waals surface area contributed by atoms with E-state index in [1.807, 2.05) is 0 Å². The second kappa shape index (κ2) is 6.55. The van der Waals surface area contributed by atoms with E-state index in [2.05, 4.69) is 15.1 Å². The van der Waals surface area contributed by atoms with Gasteiger partial charge < -0.3 is 15.3 Å². The lowest BCUT2D eigenvalue weighted by molar-refractivity contribution is 0.0719. The SMILES string of the molecule is OCCCCCN1CCN(C2CNC2)CC1. The van der Waals surface area contributed by atoms with Gasteiger partial charge in [0.1, 0.15) is 0 Å². The Morgan fingerprint density at radius 1 is 1.00 bits per heavy atom. The van der Waals surface area contributed by atoms with Gasteiger partial charge in [-0.05, 0) is 25.8 Å². The van der Waals surface area contributed by atoms with Crippen molar-refractivity contribution >= 4 is 0 Å².